The second kappa shape index (κ2) is 8.29. The average Bonchev–Trinajstić information content (AvgIpc) is 3.24. The highest BCUT2D eigenvalue weighted by Crippen LogP contribution is 2.50. The van der Waals surface area contributed by atoms with Crippen molar-refractivity contribution in [3.05, 3.63) is 106 Å². The monoisotopic (exact) mass is 450 g/mol. The molecule has 6 heteroatoms. The molecule has 0 amide bonds. The van der Waals surface area contributed by atoms with Crippen LogP contribution in [0.5, 0.6) is 11.5 Å². The molecule has 3 aromatic rings. The van der Waals surface area contributed by atoms with E-state index in [1.807, 2.05) is 53.5 Å². The third kappa shape index (κ3) is 3.78. The fraction of sp³-hybridized carbons (Fsp3) is 0.160. The summed E-state index contributed by atoms with van der Waals surface area (Å²) in [5.41, 5.74) is 4.02. The molecule has 3 aromatic carbocycles. The van der Waals surface area contributed by atoms with Gasteiger partial charge >= 0.3 is 0 Å². The van der Waals surface area contributed by atoms with Crippen molar-refractivity contribution in [1.82, 2.24) is 5.01 Å². The lowest BCUT2D eigenvalue weighted by atomic mass is 9.96. The van der Waals surface area contributed by atoms with Gasteiger partial charge in [-0.3, -0.25) is 0 Å². The molecule has 0 saturated heterocycles. The van der Waals surface area contributed by atoms with Gasteiger partial charge in [-0.15, -0.1) is 0 Å². The number of ether oxygens (including phenoxy) is 2. The second-order valence-corrected chi connectivity index (χ2v) is 8.30. The van der Waals surface area contributed by atoms with Crippen LogP contribution in [0.1, 0.15) is 35.4 Å². The van der Waals surface area contributed by atoms with E-state index in [2.05, 4.69) is 18.7 Å². The molecule has 156 valence electrons. The summed E-state index contributed by atoms with van der Waals surface area (Å²) in [5.74, 6) is 1.44. The van der Waals surface area contributed by atoms with E-state index in [4.69, 9.17) is 37.8 Å². The molecule has 2 atom stereocenters. The Hall–Kier alpha value is -2.95. The summed E-state index contributed by atoms with van der Waals surface area (Å²) in [6.07, 6.45) is 2.05. The number of halogens is 2. The Bertz CT molecular complexity index is 1150. The lowest BCUT2D eigenvalue weighted by Gasteiger charge is -2.38. The van der Waals surface area contributed by atoms with Gasteiger partial charge in [-0.25, -0.2) is 5.01 Å². The molecule has 2 heterocycles. The van der Waals surface area contributed by atoms with Crippen LogP contribution in [0.4, 0.5) is 0 Å². The predicted molar refractivity (Wildman–Crippen MR) is 124 cm³/mol. The van der Waals surface area contributed by atoms with Crippen molar-refractivity contribution in [2.75, 3.05) is 6.61 Å². The van der Waals surface area contributed by atoms with Gasteiger partial charge in [0.1, 0.15) is 18.1 Å². The molecule has 0 fully saturated rings. The van der Waals surface area contributed by atoms with E-state index in [0.29, 0.717) is 22.4 Å². The van der Waals surface area contributed by atoms with Crippen LogP contribution in [-0.4, -0.2) is 17.3 Å². The van der Waals surface area contributed by atoms with Gasteiger partial charge in [-0.1, -0.05) is 66.2 Å². The summed E-state index contributed by atoms with van der Waals surface area (Å²) in [7, 11) is 0. The molecule has 5 rings (SSSR count). The van der Waals surface area contributed by atoms with Crippen molar-refractivity contribution < 1.29 is 9.47 Å². The number of fused-ring (bicyclic) bond motifs is 3. The van der Waals surface area contributed by atoms with Crippen molar-refractivity contribution in [3.63, 3.8) is 0 Å². The molecule has 0 radical (unpaired) electrons. The maximum Gasteiger partial charge on any atom is 0.213 e. The third-order valence-electron chi connectivity index (χ3n) is 5.45. The molecular formula is C25H20Cl2N2O2. The molecule has 0 bridgehead atoms. The third-order valence-corrected chi connectivity index (χ3v) is 5.95. The van der Waals surface area contributed by atoms with E-state index in [0.717, 1.165) is 34.6 Å². The van der Waals surface area contributed by atoms with Gasteiger partial charge < -0.3 is 9.47 Å². The fourth-order valence-corrected chi connectivity index (χ4v) is 4.58. The maximum absolute atomic E-state index is 6.53. The smallest absolute Gasteiger partial charge is 0.213 e. The van der Waals surface area contributed by atoms with Gasteiger partial charge in [0, 0.05) is 22.6 Å². The van der Waals surface area contributed by atoms with Crippen LogP contribution in [0.3, 0.4) is 0 Å². The molecular weight excluding hydrogens is 431 g/mol. The lowest BCUT2D eigenvalue weighted by molar-refractivity contribution is -0.0189. The number of benzene rings is 3. The van der Waals surface area contributed by atoms with Gasteiger partial charge in [0.25, 0.3) is 0 Å². The van der Waals surface area contributed by atoms with Crippen molar-refractivity contribution >= 4 is 28.9 Å². The van der Waals surface area contributed by atoms with Gasteiger partial charge in [0.15, 0.2) is 0 Å². The maximum atomic E-state index is 6.53. The molecule has 4 nitrogen and oxygen atoms in total. The Kier molecular flexibility index (Phi) is 5.34. The van der Waals surface area contributed by atoms with E-state index in [1.165, 1.54) is 0 Å². The first kappa shape index (κ1) is 20.0. The Labute approximate surface area is 191 Å². The Morgan fingerprint density at radius 3 is 2.61 bits per heavy atom. The first-order chi connectivity index (χ1) is 15.1. The largest absolute Gasteiger partial charge is 0.490 e. The highest BCUT2D eigenvalue weighted by molar-refractivity contribution is 6.35. The minimum absolute atomic E-state index is 0.0168. The van der Waals surface area contributed by atoms with Crippen LogP contribution in [0.2, 0.25) is 10.0 Å². The SMILES string of the molecule is C=CCOc1ccc(C2Oc3c(Cl)cc(Cl)cc3C3CC(c4ccccc4)=NN32)cc1. The normalized spacial score (nSPS) is 19.2. The molecule has 0 spiro atoms. The van der Waals surface area contributed by atoms with Gasteiger partial charge in [-0.05, 0) is 42.0 Å². The fourth-order valence-electron chi connectivity index (χ4n) is 4.02. The van der Waals surface area contributed by atoms with Gasteiger partial charge in [0.2, 0.25) is 6.23 Å². The second-order valence-electron chi connectivity index (χ2n) is 7.46. The quantitative estimate of drug-likeness (QED) is 0.400. The van der Waals surface area contributed by atoms with Crippen LogP contribution < -0.4 is 9.47 Å². The Morgan fingerprint density at radius 1 is 1.10 bits per heavy atom. The molecule has 2 aliphatic rings. The molecule has 0 N–H and O–H groups in total. The zero-order chi connectivity index (χ0) is 21.4. The van der Waals surface area contributed by atoms with E-state index in [1.54, 1.807) is 12.1 Å². The molecule has 2 aliphatic heterocycles. The summed E-state index contributed by atoms with van der Waals surface area (Å²) in [6, 6.07) is 21.6. The topological polar surface area (TPSA) is 34.1 Å². The number of hydrazone groups is 1. The van der Waals surface area contributed by atoms with Crippen molar-refractivity contribution in [1.29, 1.82) is 0 Å². The van der Waals surface area contributed by atoms with Crippen LogP contribution in [0, 0.1) is 0 Å². The first-order valence-electron chi connectivity index (χ1n) is 10.0. The molecule has 0 aliphatic carbocycles. The predicted octanol–water partition coefficient (Wildman–Crippen LogP) is 6.80. The molecule has 2 unspecified atom stereocenters. The number of hydrogen-bond acceptors (Lipinski definition) is 4. The first-order valence-corrected chi connectivity index (χ1v) is 10.8. The number of nitrogens with zero attached hydrogens (tertiary/aromatic N) is 2. The summed E-state index contributed by atoms with van der Waals surface area (Å²) in [4.78, 5) is 0. The summed E-state index contributed by atoms with van der Waals surface area (Å²) < 4.78 is 12.0. The summed E-state index contributed by atoms with van der Waals surface area (Å²) in [5, 5.41) is 8.07. The summed E-state index contributed by atoms with van der Waals surface area (Å²) >= 11 is 12.9. The summed E-state index contributed by atoms with van der Waals surface area (Å²) in [6.45, 7) is 4.14. The zero-order valence-corrected chi connectivity index (χ0v) is 18.2. The Balaban J connectivity index is 1.55. The average molecular weight is 451 g/mol. The van der Waals surface area contributed by atoms with Crippen molar-refractivity contribution in [2.45, 2.75) is 18.7 Å². The number of rotatable bonds is 5. The zero-order valence-electron chi connectivity index (χ0n) is 16.7. The van der Waals surface area contributed by atoms with Crippen LogP contribution >= 0.6 is 23.2 Å². The molecule has 31 heavy (non-hydrogen) atoms. The highest BCUT2D eigenvalue weighted by atomic mass is 35.5. The van der Waals surface area contributed by atoms with Gasteiger partial charge in [0.05, 0.1) is 16.8 Å². The van der Waals surface area contributed by atoms with Crippen LogP contribution in [-0.2, 0) is 0 Å². The van der Waals surface area contributed by atoms with E-state index < -0.39 is 6.23 Å². The minimum atomic E-state index is -0.411. The molecule has 0 aromatic heterocycles. The Morgan fingerprint density at radius 2 is 1.87 bits per heavy atom. The number of hydrogen-bond donors (Lipinski definition) is 0. The molecule has 0 saturated carbocycles. The van der Waals surface area contributed by atoms with Gasteiger partial charge in [-0.2, -0.15) is 5.10 Å². The van der Waals surface area contributed by atoms with Crippen molar-refractivity contribution in [2.24, 2.45) is 5.10 Å². The van der Waals surface area contributed by atoms with Crippen LogP contribution in [0.25, 0.3) is 0 Å². The lowest BCUT2D eigenvalue weighted by Crippen LogP contribution is -2.33. The van der Waals surface area contributed by atoms with Crippen molar-refractivity contribution in [3.8, 4) is 11.5 Å². The van der Waals surface area contributed by atoms with Crippen LogP contribution in [0.15, 0.2) is 84.5 Å². The van der Waals surface area contributed by atoms with E-state index in [-0.39, 0.29) is 6.04 Å². The standard InChI is InChI=1S/C25H20Cl2N2O2/c1-2-12-30-19-10-8-17(9-11-19)25-29-23(15-22(28-29)16-6-4-3-5-7-16)20-13-18(26)14-21(27)24(20)31-25/h2-11,13-14,23,25H,1,12,15H2. The highest BCUT2D eigenvalue weighted by Gasteiger charge is 2.42. The van der Waals surface area contributed by atoms with E-state index in [9.17, 15) is 0 Å². The van der Waals surface area contributed by atoms with E-state index >= 15 is 0 Å². The minimum Gasteiger partial charge on any atom is -0.490 e.